The summed E-state index contributed by atoms with van der Waals surface area (Å²) >= 11 is 6.39. The van der Waals surface area contributed by atoms with E-state index in [0.29, 0.717) is 5.41 Å². The number of hydrogen-bond donors (Lipinski definition) is 0. The number of aryl methyl sites for hydroxylation is 1. The maximum absolute atomic E-state index is 6.39. The van der Waals surface area contributed by atoms with Crippen LogP contribution in [0.4, 0.5) is 0 Å². The number of hydrogen-bond acceptors (Lipinski definition) is 0. The van der Waals surface area contributed by atoms with Gasteiger partial charge >= 0.3 is 0 Å². The van der Waals surface area contributed by atoms with Crippen LogP contribution in [0, 0.1) is 5.41 Å². The predicted molar refractivity (Wildman–Crippen MR) is 80.5 cm³/mol. The van der Waals surface area contributed by atoms with E-state index in [1.54, 1.807) is 0 Å². The molecule has 1 aliphatic carbocycles. The molecule has 0 N–H and O–H groups in total. The van der Waals surface area contributed by atoms with Gasteiger partial charge in [0.15, 0.2) is 0 Å². The van der Waals surface area contributed by atoms with Crippen LogP contribution in [0.5, 0.6) is 0 Å². The molecule has 1 unspecified atom stereocenters. The highest BCUT2D eigenvalue weighted by molar-refractivity contribution is 6.18. The third-order valence-electron chi connectivity index (χ3n) is 4.30. The zero-order valence-electron chi connectivity index (χ0n) is 11.9. The topological polar surface area (TPSA) is 0 Å². The summed E-state index contributed by atoms with van der Waals surface area (Å²) in [6, 6.07) is 8.92. The van der Waals surface area contributed by atoms with Crippen molar-refractivity contribution < 1.29 is 0 Å². The summed E-state index contributed by atoms with van der Waals surface area (Å²) in [4.78, 5) is 0. The van der Waals surface area contributed by atoms with Gasteiger partial charge < -0.3 is 0 Å². The summed E-state index contributed by atoms with van der Waals surface area (Å²) in [5, 5.41) is 0. The Hall–Kier alpha value is -0.490. The Morgan fingerprint density at radius 3 is 2.61 bits per heavy atom. The number of halogens is 1. The Bertz CT molecular complexity index is 402. The highest BCUT2D eigenvalue weighted by atomic mass is 35.5. The first-order chi connectivity index (χ1) is 8.47. The zero-order valence-corrected chi connectivity index (χ0v) is 12.7. The minimum Gasteiger partial charge on any atom is -0.126 e. The van der Waals surface area contributed by atoms with Crippen LogP contribution < -0.4 is 0 Å². The first-order valence-corrected chi connectivity index (χ1v) is 7.65. The second kappa shape index (κ2) is 5.25. The quantitative estimate of drug-likeness (QED) is 0.648. The fourth-order valence-corrected chi connectivity index (χ4v) is 3.50. The minimum absolute atomic E-state index is 0.226. The van der Waals surface area contributed by atoms with Gasteiger partial charge in [-0.2, -0.15) is 0 Å². The molecule has 0 saturated carbocycles. The van der Waals surface area contributed by atoms with E-state index in [1.165, 1.54) is 43.2 Å². The van der Waals surface area contributed by atoms with Crippen molar-refractivity contribution in [3.05, 3.63) is 35.4 Å². The smallest absolute Gasteiger partial charge is 0.0320 e. The van der Waals surface area contributed by atoms with Gasteiger partial charge in [0.05, 0.1) is 0 Å². The van der Waals surface area contributed by atoms with Crippen molar-refractivity contribution >= 4 is 11.6 Å². The normalized spacial score (nSPS) is 23.8. The molecule has 2 rings (SSSR count). The van der Waals surface area contributed by atoms with Gasteiger partial charge in [-0.25, -0.2) is 0 Å². The summed E-state index contributed by atoms with van der Waals surface area (Å²) in [6.45, 7) is 6.97. The first kappa shape index (κ1) is 13.9. The lowest BCUT2D eigenvalue weighted by Crippen LogP contribution is -2.34. The maximum Gasteiger partial charge on any atom is 0.0320 e. The van der Waals surface area contributed by atoms with Gasteiger partial charge in [-0.15, -0.1) is 11.6 Å². The van der Waals surface area contributed by atoms with Crippen LogP contribution in [-0.2, 0) is 11.8 Å². The fourth-order valence-electron chi connectivity index (χ4n) is 3.09. The van der Waals surface area contributed by atoms with E-state index in [0.717, 1.165) is 5.88 Å². The zero-order chi connectivity index (χ0) is 13.2. The molecule has 1 aromatic rings. The molecular weight excluding hydrogens is 240 g/mol. The van der Waals surface area contributed by atoms with Crippen LogP contribution in [-0.4, -0.2) is 5.88 Å². The van der Waals surface area contributed by atoms with Crippen molar-refractivity contribution in [1.82, 2.24) is 0 Å². The molecule has 0 spiro atoms. The highest BCUT2D eigenvalue weighted by Gasteiger charge is 2.36. The Morgan fingerprint density at radius 2 is 1.94 bits per heavy atom. The molecule has 0 bridgehead atoms. The van der Waals surface area contributed by atoms with E-state index >= 15 is 0 Å². The molecule has 0 fully saturated rings. The van der Waals surface area contributed by atoms with E-state index in [4.69, 9.17) is 11.6 Å². The largest absolute Gasteiger partial charge is 0.126 e. The summed E-state index contributed by atoms with van der Waals surface area (Å²) in [6.07, 6.45) is 6.23. The molecule has 0 heterocycles. The van der Waals surface area contributed by atoms with Gasteiger partial charge in [0.1, 0.15) is 0 Å². The molecule has 0 radical (unpaired) electrons. The van der Waals surface area contributed by atoms with E-state index in [-0.39, 0.29) is 5.41 Å². The first-order valence-electron chi connectivity index (χ1n) is 7.11. The summed E-state index contributed by atoms with van der Waals surface area (Å²) in [7, 11) is 0. The predicted octanol–water partition coefficient (Wildman–Crippen LogP) is 5.33. The molecule has 0 nitrogen and oxygen atoms in total. The van der Waals surface area contributed by atoms with Gasteiger partial charge in [0, 0.05) is 11.3 Å². The van der Waals surface area contributed by atoms with Crippen molar-refractivity contribution in [2.75, 3.05) is 5.88 Å². The summed E-state index contributed by atoms with van der Waals surface area (Å²) < 4.78 is 0. The van der Waals surface area contributed by atoms with Crippen LogP contribution in [0.25, 0.3) is 0 Å². The van der Waals surface area contributed by atoms with Crippen LogP contribution in [0.2, 0.25) is 0 Å². The SMILES string of the molecule is CC(C)(C)CCC1(CCl)CCCc2ccccc21. The molecule has 1 aromatic carbocycles. The molecule has 0 aromatic heterocycles. The summed E-state index contributed by atoms with van der Waals surface area (Å²) in [5.74, 6) is 0.764. The van der Waals surface area contributed by atoms with Crippen LogP contribution in [0.1, 0.15) is 57.6 Å². The van der Waals surface area contributed by atoms with Crippen molar-refractivity contribution in [1.29, 1.82) is 0 Å². The molecule has 1 aliphatic rings. The van der Waals surface area contributed by atoms with Crippen LogP contribution in [0.15, 0.2) is 24.3 Å². The average Bonchev–Trinajstić information content (AvgIpc) is 2.35. The van der Waals surface area contributed by atoms with E-state index in [9.17, 15) is 0 Å². The van der Waals surface area contributed by atoms with Gasteiger partial charge in [-0.3, -0.25) is 0 Å². The third-order valence-corrected chi connectivity index (χ3v) is 4.81. The lowest BCUT2D eigenvalue weighted by atomic mass is 9.67. The molecule has 0 aliphatic heterocycles. The van der Waals surface area contributed by atoms with Crippen molar-refractivity contribution in [3.8, 4) is 0 Å². The van der Waals surface area contributed by atoms with Crippen molar-refractivity contribution in [2.24, 2.45) is 5.41 Å². The van der Waals surface area contributed by atoms with Crippen molar-refractivity contribution in [2.45, 2.75) is 58.3 Å². The number of benzene rings is 1. The van der Waals surface area contributed by atoms with Crippen LogP contribution in [0.3, 0.4) is 0 Å². The Morgan fingerprint density at radius 1 is 1.22 bits per heavy atom. The fraction of sp³-hybridized carbons (Fsp3) is 0.647. The lowest BCUT2D eigenvalue weighted by molar-refractivity contribution is 0.282. The Kier molecular flexibility index (Phi) is 4.06. The number of alkyl halides is 1. The third kappa shape index (κ3) is 2.91. The van der Waals surface area contributed by atoms with Gasteiger partial charge in [0.25, 0.3) is 0 Å². The molecule has 0 amide bonds. The molecule has 1 heteroatoms. The molecular formula is C17H25Cl. The minimum atomic E-state index is 0.226. The standard InChI is InChI=1S/C17H25Cl/c1-16(2,3)11-12-17(13-18)10-6-8-14-7-4-5-9-15(14)17/h4-5,7,9H,6,8,10-13H2,1-3H3. The second-order valence-corrected chi connectivity index (χ2v) is 7.25. The van der Waals surface area contributed by atoms with Gasteiger partial charge in [-0.05, 0) is 48.6 Å². The van der Waals surface area contributed by atoms with Crippen LogP contribution >= 0.6 is 11.6 Å². The monoisotopic (exact) mass is 264 g/mol. The molecule has 1 atom stereocenters. The lowest BCUT2D eigenvalue weighted by Gasteiger charge is -2.39. The molecule has 0 saturated heterocycles. The number of fused-ring (bicyclic) bond motifs is 1. The molecule has 100 valence electrons. The van der Waals surface area contributed by atoms with E-state index in [1.807, 2.05) is 0 Å². The van der Waals surface area contributed by atoms with Gasteiger partial charge in [0.2, 0.25) is 0 Å². The number of rotatable bonds is 3. The summed E-state index contributed by atoms with van der Waals surface area (Å²) in [5.41, 5.74) is 3.67. The van der Waals surface area contributed by atoms with Crippen molar-refractivity contribution in [3.63, 3.8) is 0 Å². The van der Waals surface area contributed by atoms with Gasteiger partial charge in [-0.1, -0.05) is 45.0 Å². The Balaban J connectivity index is 2.28. The average molecular weight is 265 g/mol. The highest BCUT2D eigenvalue weighted by Crippen LogP contribution is 2.43. The maximum atomic E-state index is 6.39. The Labute approximate surface area is 117 Å². The second-order valence-electron chi connectivity index (χ2n) is 6.99. The van der Waals surface area contributed by atoms with E-state index in [2.05, 4.69) is 45.0 Å². The molecule has 18 heavy (non-hydrogen) atoms. The van der Waals surface area contributed by atoms with E-state index < -0.39 is 0 Å².